The number of aliphatic imine (C=N–C) groups is 1. The number of hydrazone groups is 1. The largest absolute Gasteiger partial charge is 0.252 e. The summed E-state index contributed by atoms with van der Waals surface area (Å²) in [4.78, 5) is 4.90. The Bertz CT molecular complexity index is 1120. The Kier molecular flexibility index (Phi) is 9.90. The van der Waals surface area contributed by atoms with Crippen LogP contribution in [0, 0.1) is 6.92 Å². The van der Waals surface area contributed by atoms with Crippen LogP contribution in [-0.2, 0) is 6.42 Å². The number of para-hydroxylation sites is 1. The fourth-order valence-electron chi connectivity index (χ4n) is 3.90. The molecular weight excluding hydrogens is 438 g/mol. The molecule has 0 aliphatic heterocycles. The van der Waals surface area contributed by atoms with Gasteiger partial charge >= 0.3 is 0 Å². The van der Waals surface area contributed by atoms with E-state index in [4.69, 9.17) is 21.7 Å². The van der Waals surface area contributed by atoms with E-state index in [9.17, 15) is 0 Å². The molecule has 34 heavy (non-hydrogen) atoms. The summed E-state index contributed by atoms with van der Waals surface area (Å²) in [5, 5.41) is 7.73. The lowest BCUT2D eigenvalue weighted by Gasteiger charge is -2.19. The lowest BCUT2D eigenvalue weighted by molar-refractivity contribution is 0.422. The van der Waals surface area contributed by atoms with E-state index in [1.165, 1.54) is 30.4 Å². The van der Waals surface area contributed by atoms with E-state index in [-0.39, 0.29) is 0 Å². The third-order valence-electron chi connectivity index (χ3n) is 6.04. The molecule has 0 heterocycles. The highest BCUT2D eigenvalue weighted by atomic mass is 35.5. The van der Waals surface area contributed by atoms with Crippen molar-refractivity contribution in [1.82, 2.24) is 5.01 Å². The fraction of sp³-hybridized carbons (Fsp3) is 0.333. The maximum atomic E-state index is 6.08. The summed E-state index contributed by atoms with van der Waals surface area (Å²) in [6.45, 7) is 9.42. The monoisotopic (exact) mass is 473 g/mol. The van der Waals surface area contributed by atoms with Gasteiger partial charge in [0.2, 0.25) is 0 Å². The van der Waals surface area contributed by atoms with E-state index in [1.54, 1.807) is 0 Å². The average molecular weight is 474 g/mol. The van der Waals surface area contributed by atoms with Crippen LogP contribution in [0.25, 0.3) is 11.1 Å². The molecule has 178 valence electrons. The van der Waals surface area contributed by atoms with Gasteiger partial charge in [0.25, 0.3) is 0 Å². The van der Waals surface area contributed by atoms with Crippen LogP contribution < -0.4 is 0 Å². The second-order valence-corrected chi connectivity index (χ2v) is 9.08. The summed E-state index contributed by atoms with van der Waals surface area (Å²) < 4.78 is 0. The highest BCUT2D eigenvalue weighted by molar-refractivity contribution is 6.30. The molecule has 0 radical (unpaired) electrons. The van der Waals surface area contributed by atoms with Gasteiger partial charge in [-0.05, 0) is 78.8 Å². The first-order valence-corrected chi connectivity index (χ1v) is 12.7. The van der Waals surface area contributed by atoms with Crippen LogP contribution in [-0.4, -0.2) is 23.6 Å². The summed E-state index contributed by atoms with van der Waals surface area (Å²) in [5.41, 5.74) is 6.89. The summed E-state index contributed by atoms with van der Waals surface area (Å²) in [6, 6.07) is 22.8. The van der Waals surface area contributed by atoms with E-state index in [2.05, 4.69) is 75.2 Å². The number of halogens is 1. The SMILES string of the molecule is CCCCCCN(/N=C/c1cc(-c2ccc(Cl)cc2)ccc1CC)C(C)=Nc1ccccc1C. The van der Waals surface area contributed by atoms with Crippen LogP contribution in [0.15, 0.2) is 76.8 Å². The molecule has 0 bridgehead atoms. The fourth-order valence-corrected chi connectivity index (χ4v) is 4.03. The van der Waals surface area contributed by atoms with E-state index in [1.807, 2.05) is 30.5 Å². The molecule has 0 aliphatic rings. The quantitative estimate of drug-likeness (QED) is 0.125. The first kappa shape index (κ1) is 25.7. The van der Waals surface area contributed by atoms with Gasteiger partial charge in [0.05, 0.1) is 11.9 Å². The average Bonchev–Trinajstić information content (AvgIpc) is 2.85. The molecule has 0 unspecified atom stereocenters. The van der Waals surface area contributed by atoms with Crippen molar-refractivity contribution in [3.8, 4) is 11.1 Å². The Balaban J connectivity index is 1.90. The Morgan fingerprint density at radius 3 is 2.35 bits per heavy atom. The van der Waals surface area contributed by atoms with Crippen molar-refractivity contribution in [1.29, 1.82) is 0 Å². The van der Waals surface area contributed by atoms with Crippen molar-refractivity contribution in [3.63, 3.8) is 0 Å². The van der Waals surface area contributed by atoms with Crippen LogP contribution in [0.3, 0.4) is 0 Å². The number of nitrogens with zero attached hydrogens (tertiary/aromatic N) is 3. The molecule has 3 aromatic carbocycles. The standard InChI is InChI=1S/C30H36ClN3/c1-5-7-8-11-20-34(24(4)33-30-13-10-9-12-23(30)3)32-22-28-21-27(15-14-25(28)6-2)26-16-18-29(31)19-17-26/h9-10,12-19,21-22H,5-8,11,20H2,1-4H3/b32-22+,33-24?. The number of aryl methyl sites for hydroxylation is 2. The van der Waals surface area contributed by atoms with Crippen molar-refractivity contribution < 1.29 is 0 Å². The van der Waals surface area contributed by atoms with Gasteiger partial charge in [0.1, 0.15) is 5.84 Å². The number of amidine groups is 1. The molecule has 3 nitrogen and oxygen atoms in total. The molecule has 0 saturated heterocycles. The predicted molar refractivity (Wildman–Crippen MR) is 149 cm³/mol. The molecule has 3 rings (SSSR count). The highest BCUT2D eigenvalue weighted by Crippen LogP contribution is 2.24. The summed E-state index contributed by atoms with van der Waals surface area (Å²) in [5.74, 6) is 0.911. The van der Waals surface area contributed by atoms with Crippen LogP contribution in [0.4, 0.5) is 5.69 Å². The van der Waals surface area contributed by atoms with Crippen LogP contribution in [0.1, 0.15) is 63.1 Å². The van der Waals surface area contributed by atoms with Gasteiger partial charge in [-0.1, -0.05) is 87.2 Å². The zero-order valence-corrected chi connectivity index (χ0v) is 21.6. The lowest BCUT2D eigenvalue weighted by Crippen LogP contribution is -2.25. The van der Waals surface area contributed by atoms with E-state index < -0.39 is 0 Å². The van der Waals surface area contributed by atoms with Crippen molar-refractivity contribution in [2.75, 3.05) is 6.54 Å². The van der Waals surface area contributed by atoms with Crippen molar-refractivity contribution >= 4 is 29.3 Å². The minimum Gasteiger partial charge on any atom is -0.252 e. The second-order valence-electron chi connectivity index (χ2n) is 8.65. The first-order valence-electron chi connectivity index (χ1n) is 12.3. The maximum Gasteiger partial charge on any atom is 0.122 e. The van der Waals surface area contributed by atoms with Gasteiger partial charge in [-0.15, -0.1) is 0 Å². The second kappa shape index (κ2) is 13.1. The van der Waals surface area contributed by atoms with Gasteiger partial charge < -0.3 is 0 Å². The maximum absolute atomic E-state index is 6.08. The highest BCUT2D eigenvalue weighted by Gasteiger charge is 2.08. The van der Waals surface area contributed by atoms with Gasteiger partial charge in [-0.25, -0.2) is 4.99 Å². The molecule has 4 heteroatoms. The molecule has 3 aromatic rings. The van der Waals surface area contributed by atoms with Crippen molar-refractivity contribution in [2.45, 2.75) is 59.8 Å². The van der Waals surface area contributed by atoms with Crippen molar-refractivity contribution in [3.05, 3.63) is 88.4 Å². The van der Waals surface area contributed by atoms with Gasteiger partial charge in [-0.2, -0.15) is 5.10 Å². The normalized spacial score (nSPS) is 11.9. The number of hydrogen-bond donors (Lipinski definition) is 0. The number of rotatable bonds is 10. The number of unbranched alkanes of at least 4 members (excludes halogenated alkanes) is 3. The minimum absolute atomic E-state index is 0.748. The third kappa shape index (κ3) is 7.30. The zero-order chi connectivity index (χ0) is 24.3. The molecule has 0 atom stereocenters. The Labute approximate surface area is 210 Å². The molecule has 0 amide bonds. The van der Waals surface area contributed by atoms with E-state index in [0.717, 1.165) is 52.6 Å². The number of benzene rings is 3. The Hall–Kier alpha value is -2.91. The predicted octanol–water partition coefficient (Wildman–Crippen LogP) is 8.84. The first-order chi connectivity index (χ1) is 16.5. The molecule has 0 aromatic heterocycles. The molecule has 0 saturated carbocycles. The summed E-state index contributed by atoms with van der Waals surface area (Å²) in [6.07, 6.45) is 7.71. The zero-order valence-electron chi connectivity index (χ0n) is 20.9. The van der Waals surface area contributed by atoms with Gasteiger partial charge in [0.15, 0.2) is 0 Å². The summed E-state index contributed by atoms with van der Waals surface area (Å²) in [7, 11) is 0. The molecule has 0 N–H and O–H groups in total. The molecule has 0 aliphatic carbocycles. The van der Waals surface area contributed by atoms with Gasteiger partial charge in [-0.3, -0.25) is 5.01 Å². The molecule has 0 fully saturated rings. The van der Waals surface area contributed by atoms with Crippen LogP contribution >= 0.6 is 11.6 Å². The third-order valence-corrected chi connectivity index (χ3v) is 6.29. The van der Waals surface area contributed by atoms with E-state index in [0.29, 0.717) is 0 Å². The lowest BCUT2D eigenvalue weighted by atomic mass is 9.98. The van der Waals surface area contributed by atoms with Crippen LogP contribution in [0.5, 0.6) is 0 Å². The molecule has 0 spiro atoms. The van der Waals surface area contributed by atoms with Gasteiger partial charge in [0, 0.05) is 11.6 Å². The van der Waals surface area contributed by atoms with Crippen molar-refractivity contribution in [2.24, 2.45) is 10.1 Å². The van der Waals surface area contributed by atoms with Crippen LogP contribution in [0.2, 0.25) is 5.02 Å². The minimum atomic E-state index is 0.748. The topological polar surface area (TPSA) is 28.0 Å². The smallest absolute Gasteiger partial charge is 0.122 e. The molecular formula is C30H36ClN3. The van der Waals surface area contributed by atoms with E-state index >= 15 is 0 Å². The number of hydrogen-bond acceptors (Lipinski definition) is 2. The Morgan fingerprint density at radius 2 is 1.65 bits per heavy atom. The Morgan fingerprint density at radius 1 is 0.912 bits per heavy atom. The summed E-state index contributed by atoms with van der Waals surface area (Å²) >= 11 is 6.08.